The fourth-order valence-electron chi connectivity index (χ4n) is 1.55. The highest BCUT2D eigenvalue weighted by molar-refractivity contribution is 5.73. The normalized spacial score (nSPS) is 10.0. The van der Waals surface area contributed by atoms with Gasteiger partial charge in [-0.05, 0) is 24.3 Å². The van der Waals surface area contributed by atoms with Crippen LogP contribution in [-0.4, -0.2) is 22.6 Å². The van der Waals surface area contributed by atoms with E-state index < -0.39 is 5.97 Å². The third kappa shape index (κ3) is 2.98. The number of pyridine rings is 1. The number of hydrogen-bond acceptors (Lipinski definition) is 4. The maximum Gasteiger partial charge on any atom is 0.322 e. The van der Waals surface area contributed by atoms with E-state index in [0.29, 0.717) is 5.82 Å². The number of aromatic nitrogens is 1. The van der Waals surface area contributed by atoms with Crippen molar-refractivity contribution in [2.75, 3.05) is 17.6 Å². The minimum Gasteiger partial charge on any atom is -0.480 e. The SMILES string of the molecule is Nc1cccc(-c2ccc(NCC(=O)O)cc2)n1. The average molecular weight is 243 g/mol. The van der Waals surface area contributed by atoms with E-state index in [0.717, 1.165) is 16.9 Å². The number of nitrogen functional groups attached to an aromatic ring is 1. The summed E-state index contributed by atoms with van der Waals surface area (Å²) in [5.74, 6) is -0.419. The topological polar surface area (TPSA) is 88.2 Å². The van der Waals surface area contributed by atoms with Crippen LogP contribution < -0.4 is 11.1 Å². The number of aliphatic carboxylic acids is 1. The van der Waals surface area contributed by atoms with Crippen molar-refractivity contribution >= 4 is 17.5 Å². The summed E-state index contributed by atoms with van der Waals surface area (Å²) in [7, 11) is 0. The molecule has 5 heteroatoms. The summed E-state index contributed by atoms with van der Waals surface area (Å²) in [5.41, 5.74) is 8.10. The third-order valence-corrected chi connectivity index (χ3v) is 2.40. The monoisotopic (exact) mass is 243 g/mol. The first-order chi connectivity index (χ1) is 8.65. The van der Waals surface area contributed by atoms with Crippen LogP contribution in [0.2, 0.25) is 0 Å². The Morgan fingerprint density at radius 2 is 1.94 bits per heavy atom. The number of nitrogens with one attached hydrogen (secondary N) is 1. The molecule has 0 atom stereocenters. The van der Waals surface area contributed by atoms with Crippen molar-refractivity contribution < 1.29 is 9.90 Å². The van der Waals surface area contributed by atoms with Gasteiger partial charge in [-0.15, -0.1) is 0 Å². The van der Waals surface area contributed by atoms with Crippen molar-refractivity contribution in [2.24, 2.45) is 0 Å². The number of carboxylic acids is 1. The summed E-state index contributed by atoms with van der Waals surface area (Å²) in [6.07, 6.45) is 0. The van der Waals surface area contributed by atoms with E-state index in [1.165, 1.54) is 0 Å². The molecule has 1 aromatic carbocycles. The Labute approximate surface area is 104 Å². The second-order valence-corrected chi connectivity index (χ2v) is 3.77. The molecule has 4 N–H and O–H groups in total. The minimum atomic E-state index is -0.892. The molecule has 0 fully saturated rings. The zero-order chi connectivity index (χ0) is 13.0. The lowest BCUT2D eigenvalue weighted by Crippen LogP contribution is -2.11. The Balaban J connectivity index is 2.14. The van der Waals surface area contributed by atoms with Crippen LogP contribution in [0.1, 0.15) is 0 Å². The second-order valence-electron chi connectivity index (χ2n) is 3.77. The molecule has 92 valence electrons. The molecule has 0 radical (unpaired) electrons. The standard InChI is InChI=1S/C13H13N3O2/c14-12-3-1-2-11(16-12)9-4-6-10(7-5-9)15-8-13(17)18/h1-7,15H,8H2,(H2,14,16)(H,17,18). The lowest BCUT2D eigenvalue weighted by molar-refractivity contribution is -0.134. The first-order valence-electron chi connectivity index (χ1n) is 5.44. The van der Waals surface area contributed by atoms with Crippen molar-refractivity contribution in [3.05, 3.63) is 42.5 Å². The van der Waals surface area contributed by atoms with Gasteiger partial charge in [-0.2, -0.15) is 0 Å². The van der Waals surface area contributed by atoms with Gasteiger partial charge in [0.2, 0.25) is 0 Å². The van der Waals surface area contributed by atoms with Gasteiger partial charge in [0.05, 0.1) is 5.69 Å². The van der Waals surface area contributed by atoms with Crippen molar-refractivity contribution in [3.8, 4) is 11.3 Å². The van der Waals surface area contributed by atoms with E-state index in [1.54, 1.807) is 6.07 Å². The summed E-state index contributed by atoms with van der Waals surface area (Å²) in [6.45, 7) is -0.101. The lowest BCUT2D eigenvalue weighted by Gasteiger charge is -2.05. The maximum atomic E-state index is 10.4. The molecule has 1 heterocycles. The molecule has 1 aromatic heterocycles. The largest absolute Gasteiger partial charge is 0.480 e. The molecule has 18 heavy (non-hydrogen) atoms. The quantitative estimate of drug-likeness (QED) is 0.762. The van der Waals surface area contributed by atoms with Crippen LogP contribution in [0, 0.1) is 0 Å². The fraction of sp³-hybridized carbons (Fsp3) is 0.0769. The van der Waals surface area contributed by atoms with Crippen LogP contribution in [-0.2, 0) is 4.79 Å². The average Bonchev–Trinajstić information content (AvgIpc) is 2.37. The zero-order valence-electron chi connectivity index (χ0n) is 9.63. The molecule has 0 amide bonds. The molecule has 5 nitrogen and oxygen atoms in total. The van der Waals surface area contributed by atoms with Crippen molar-refractivity contribution in [2.45, 2.75) is 0 Å². The first-order valence-corrected chi connectivity index (χ1v) is 5.44. The van der Waals surface area contributed by atoms with Crippen LogP contribution in [0.5, 0.6) is 0 Å². The Kier molecular flexibility index (Phi) is 3.43. The van der Waals surface area contributed by atoms with E-state index in [4.69, 9.17) is 10.8 Å². The summed E-state index contributed by atoms with van der Waals surface area (Å²) < 4.78 is 0. The molecule has 0 saturated carbocycles. The fourth-order valence-corrected chi connectivity index (χ4v) is 1.55. The van der Waals surface area contributed by atoms with E-state index >= 15 is 0 Å². The summed E-state index contributed by atoms with van der Waals surface area (Å²) >= 11 is 0. The van der Waals surface area contributed by atoms with E-state index in [2.05, 4.69) is 10.3 Å². The van der Waals surface area contributed by atoms with E-state index in [9.17, 15) is 4.79 Å². The molecule has 0 spiro atoms. The van der Waals surface area contributed by atoms with Gasteiger partial charge in [-0.1, -0.05) is 18.2 Å². The summed E-state index contributed by atoms with van der Waals surface area (Å²) in [5, 5.41) is 11.3. The predicted molar refractivity (Wildman–Crippen MR) is 70.2 cm³/mol. The first kappa shape index (κ1) is 11.9. The third-order valence-electron chi connectivity index (χ3n) is 2.40. The molecule has 0 saturated heterocycles. The minimum absolute atomic E-state index is 0.101. The molecular weight excluding hydrogens is 230 g/mol. The number of anilines is 2. The van der Waals surface area contributed by atoms with Crippen LogP contribution in [0.15, 0.2) is 42.5 Å². The lowest BCUT2D eigenvalue weighted by atomic mass is 10.1. The molecule has 2 rings (SSSR count). The summed E-state index contributed by atoms with van der Waals surface area (Å²) in [4.78, 5) is 14.6. The van der Waals surface area contributed by atoms with Crippen molar-refractivity contribution in [3.63, 3.8) is 0 Å². The molecule has 2 aromatic rings. The number of hydrogen-bond donors (Lipinski definition) is 3. The molecule has 0 aliphatic carbocycles. The summed E-state index contributed by atoms with van der Waals surface area (Å²) in [6, 6.07) is 12.8. The molecule has 0 aliphatic rings. The predicted octanol–water partition coefficient (Wildman–Crippen LogP) is 1.83. The molecule has 0 aliphatic heterocycles. The van der Waals surface area contributed by atoms with Gasteiger partial charge in [0.15, 0.2) is 0 Å². The molecule has 0 bridgehead atoms. The van der Waals surface area contributed by atoms with Gasteiger partial charge >= 0.3 is 5.97 Å². The van der Waals surface area contributed by atoms with Crippen molar-refractivity contribution in [1.29, 1.82) is 0 Å². The second kappa shape index (κ2) is 5.18. The number of benzene rings is 1. The zero-order valence-corrected chi connectivity index (χ0v) is 9.63. The van der Waals surface area contributed by atoms with Gasteiger partial charge in [0.25, 0.3) is 0 Å². The van der Waals surface area contributed by atoms with Crippen LogP contribution in [0.3, 0.4) is 0 Å². The van der Waals surface area contributed by atoms with Gasteiger partial charge in [0.1, 0.15) is 12.4 Å². The number of carbonyl (C=O) groups is 1. The van der Waals surface area contributed by atoms with Crippen molar-refractivity contribution in [1.82, 2.24) is 4.98 Å². The maximum absolute atomic E-state index is 10.4. The Morgan fingerprint density at radius 3 is 2.56 bits per heavy atom. The number of rotatable bonds is 4. The van der Waals surface area contributed by atoms with E-state index in [-0.39, 0.29) is 6.54 Å². The van der Waals surface area contributed by atoms with Gasteiger partial charge in [0, 0.05) is 11.3 Å². The Morgan fingerprint density at radius 1 is 1.22 bits per heavy atom. The van der Waals surface area contributed by atoms with Crippen LogP contribution in [0.4, 0.5) is 11.5 Å². The van der Waals surface area contributed by atoms with Crippen LogP contribution in [0.25, 0.3) is 11.3 Å². The number of nitrogens with two attached hydrogens (primary N) is 1. The Hall–Kier alpha value is -2.56. The Bertz CT molecular complexity index is 552. The van der Waals surface area contributed by atoms with Crippen LogP contribution >= 0.6 is 0 Å². The highest BCUT2D eigenvalue weighted by Crippen LogP contribution is 2.20. The highest BCUT2D eigenvalue weighted by Gasteiger charge is 2.01. The number of nitrogens with zero attached hydrogens (tertiary/aromatic N) is 1. The molecule has 0 unspecified atom stereocenters. The van der Waals surface area contributed by atoms with Gasteiger partial charge in [-0.3, -0.25) is 4.79 Å². The smallest absolute Gasteiger partial charge is 0.322 e. The number of carboxylic acid groups (broad SMARTS) is 1. The molecular formula is C13H13N3O2. The van der Waals surface area contributed by atoms with Gasteiger partial charge < -0.3 is 16.2 Å². The highest BCUT2D eigenvalue weighted by atomic mass is 16.4. The van der Waals surface area contributed by atoms with E-state index in [1.807, 2.05) is 36.4 Å². The van der Waals surface area contributed by atoms with Gasteiger partial charge in [-0.25, -0.2) is 4.98 Å².